The third-order valence-electron chi connectivity index (χ3n) is 5.27. The molecule has 0 radical (unpaired) electrons. The van der Waals surface area contributed by atoms with E-state index in [0.717, 1.165) is 16.9 Å². The number of carbonyl (C=O) groups excluding carboxylic acids is 3. The Hall–Kier alpha value is -3.04. The van der Waals surface area contributed by atoms with Crippen LogP contribution in [0.4, 0.5) is 4.79 Å². The van der Waals surface area contributed by atoms with Crippen LogP contribution in [0.15, 0.2) is 59.5 Å². The number of phenols is 1. The topological polar surface area (TPSA) is 119 Å². The molecular formula is C25H33N3O5S. The number of nitrogens with one attached hydrogen (secondary N) is 2. The minimum Gasteiger partial charge on any atom is -0.508 e. The molecule has 0 spiro atoms. The van der Waals surface area contributed by atoms with Gasteiger partial charge in [0.2, 0.25) is 5.91 Å². The molecule has 2 aromatic rings. The fraction of sp³-hybridized carbons (Fsp3) is 0.400. The number of hydrogen-bond acceptors (Lipinski definition) is 6. The van der Waals surface area contributed by atoms with E-state index in [2.05, 4.69) is 10.6 Å². The molecule has 0 saturated carbocycles. The van der Waals surface area contributed by atoms with Crippen molar-refractivity contribution in [3.05, 3.63) is 60.2 Å². The zero-order chi connectivity index (χ0) is 25.1. The van der Waals surface area contributed by atoms with E-state index >= 15 is 0 Å². The van der Waals surface area contributed by atoms with Crippen LogP contribution in [0.1, 0.15) is 32.3 Å². The minimum absolute atomic E-state index is 0.0866. The highest BCUT2D eigenvalue weighted by atomic mass is 32.2. The van der Waals surface area contributed by atoms with Crippen molar-refractivity contribution < 1.29 is 24.7 Å². The number of amides is 4. The number of urea groups is 1. The van der Waals surface area contributed by atoms with Gasteiger partial charge in [-0.15, -0.1) is 16.8 Å². The van der Waals surface area contributed by atoms with Gasteiger partial charge >= 0.3 is 6.03 Å². The standard InChI is InChI=1S/C25H33N3O5S/c1-17(2)9-10-19(16-34-21-13-11-20(29)12-14-21)24(31)28(33)25(32)27-22(23(30)26-3)15-18-7-5-4-6-8-18/h4-8,11-14,17,19,22,29,33H,9-10,15-16H2,1-3H3,(H,26,30)(H,27,32)/t19-,22+/m1/s1. The molecule has 4 N–H and O–H groups in total. The van der Waals surface area contributed by atoms with Crippen molar-refractivity contribution in [2.75, 3.05) is 12.8 Å². The van der Waals surface area contributed by atoms with Gasteiger partial charge in [0.25, 0.3) is 5.91 Å². The molecular weight excluding hydrogens is 454 g/mol. The second-order valence-corrected chi connectivity index (χ2v) is 9.52. The van der Waals surface area contributed by atoms with Crippen LogP contribution in [0, 0.1) is 11.8 Å². The monoisotopic (exact) mass is 487 g/mol. The third kappa shape index (κ3) is 8.72. The number of phenolic OH excluding ortho intramolecular Hbond substituents is 1. The molecule has 0 aliphatic heterocycles. The Morgan fingerprint density at radius 1 is 1.00 bits per heavy atom. The summed E-state index contributed by atoms with van der Waals surface area (Å²) in [6, 6.07) is 13.8. The molecule has 8 nitrogen and oxygen atoms in total. The SMILES string of the molecule is CNC(=O)[C@H](Cc1ccccc1)NC(=O)N(O)C(=O)[C@H](CCC(C)C)CSc1ccc(O)cc1. The van der Waals surface area contributed by atoms with E-state index in [1.807, 2.05) is 44.2 Å². The lowest BCUT2D eigenvalue weighted by molar-refractivity contribution is -0.157. The maximum atomic E-state index is 13.0. The normalized spacial score (nSPS) is 12.6. The van der Waals surface area contributed by atoms with Gasteiger partial charge in [0.05, 0.1) is 5.92 Å². The Kier molecular flexibility index (Phi) is 10.9. The van der Waals surface area contributed by atoms with Gasteiger partial charge in [-0.2, -0.15) is 0 Å². The van der Waals surface area contributed by atoms with Crippen molar-refractivity contribution in [1.29, 1.82) is 0 Å². The molecule has 0 bridgehead atoms. The van der Waals surface area contributed by atoms with Gasteiger partial charge < -0.3 is 15.7 Å². The van der Waals surface area contributed by atoms with Gasteiger partial charge in [-0.05, 0) is 42.2 Å². The Morgan fingerprint density at radius 2 is 1.65 bits per heavy atom. The van der Waals surface area contributed by atoms with Crippen molar-refractivity contribution >= 4 is 29.6 Å². The highest BCUT2D eigenvalue weighted by Crippen LogP contribution is 2.26. The van der Waals surface area contributed by atoms with Crippen LogP contribution in [0.5, 0.6) is 5.75 Å². The van der Waals surface area contributed by atoms with Crippen LogP contribution in [0.2, 0.25) is 0 Å². The first-order valence-corrected chi connectivity index (χ1v) is 12.2. The molecule has 0 saturated heterocycles. The van der Waals surface area contributed by atoms with Crippen molar-refractivity contribution in [1.82, 2.24) is 15.7 Å². The van der Waals surface area contributed by atoms with Crippen LogP contribution in [-0.4, -0.2) is 52.1 Å². The lowest BCUT2D eigenvalue weighted by Gasteiger charge is -2.24. The molecule has 0 aliphatic carbocycles. The largest absolute Gasteiger partial charge is 0.508 e. The lowest BCUT2D eigenvalue weighted by Crippen LogP contribution is -2.53. The number of rotatable bonds is 11. The smallest absolute Gasteiger partial charge is 0.349 e. The molecule has 2 atom stereocenters. The van der Waals surface area contributed by atoms with Gasteiger partial charge in [0.1, 0.15) is 11.8 Å². The van der Waals surface area contributed by atoms with E-state index in [4.69, 9.17) is 0 Å². The number of hydrogen-bond donors (Lipinski definition) is 4. The Bertz CT molecular complexity index is 937. The summed E-state index contributed by atoms with van der Waals surface area (Å²) in [5, 5.41) is 24.9. The van der Waals surface area contributed by atoms with Crippen LogP contribution in [0.3, 0.4) is 0 Å². The molecule has 0 fully saturated rings. The molecule has 9 heteroatoms. The zero-order valence-corrected chi connectivity index (χ0v) is 20.5. The predicted molar refractivity (Wildman–Crippen MR) is 132 cm³/mol. The summed E-state index contributed by atoms with van der Waals surface area (Å²) in [4.78, 5) is 38.9. The van der Waals surface area contributed by atoms with Crippen LogP contribution in [-0.2, 0) is 16.0 Å². The van der Waals surface area contributed by atoms with E-state index in [0.29, 0.717) is 18.1 Å². The number of nitrogens with zero attached hydrogens (tertiary/aromatic N) is 1. The van der Waals surface area contributed by atoms with Crippen molar-refractivity contribution in [2.45, 2.75) is 44.0 Å². The van der Waals surface area contributed by atoms with Crippen molar-refractivity contribution in [3.63, 3.8) is 0 Å². The molecule has 2 rings (SSSR count). The molecule has 184 valence electrons. The van der Waals surface area contributed by atoms with Gasteiger partial charge in [-0.25, -0.2) is 4.79 Å². The van der Waals surface area contributed by atoms with Gasteiger partial charge in [-0.3, -0.25) is 14.8 Å². The molecule has 0 unspecified atom stereocenters. The van der Waals surface area contributed by atoms with E-state index in [1.54, 1.807) is 24.3 Å². The number of benzene rings is 2. The van der Waals surface area contributed by atoms with Crippen LogP contribution < -0.4 is 10.6 Å². The molecule has 34 heavy (non-hydrogen) atoms. The van der Waals surface area contributed by atoms with Crippen LogP contribution >= 0.6 is 11.8 Å². The van der Waals surface area contributed by atoms with Crippen molar-refractivity contribution in [2.24, 2.45) is 11.8 Å². The zero-order valence-electron chi connectivity index (χ0n) is 19.7. The number of imide groups is 1. The first-order valence-electron chi connectivity index (χ1n) is 11.2. The Labute approximate surface area is 204 Å². The number of carbonyl (C=O) groups is 3. The second-order valence-electron chi connectivity index (χ2n) is 8.43. The number of likely N-dealkylation sites (N-methyl/N-ethyl adjacent to an activating group) is 1. The minimum atomic E-state index is -1.04. The Morgan fingerprint density at radius 3 is 2.24 bits per heavy atom. The van der Waals surface area contributed by atoms with Gasteiger partial charge in [0.15, 0.2) is 0 Å². The first-order chi connectivity index (χ1) is 16.2. The van der Waals surface area contributed by atoms with Crippen LogP contribution in [0.25, 0.3) is 0 Å². The van der Waals surface area contributed by atoms with E-state index < -0.39 is 29.8 Å². The predicted octanol–water partition coefficient (Wildman–Crippen LogP) is 3.82. The summed E-state index contributed by atoms with van der Waals surface area (Å²) in [5.74, 6) is -0.917. The summed E-state index contributed by atoms with van der Waals surface area (Å²) < 4.78 is 0. The summed E-state index contributed by atoms with van der Waals surface area (Å²) in [5.41, 5.74) is 0.826. The molecule has 0 heterocycles. The number of thioether (sulfide) groups is 1. The van der Waals surface area contributed by atoms with E-state index in [9.17, 15) is 24.7 Å². The quantitative estimate of drug-likeness (QED) is 0.217. The van der Waals surface area contributed by atoms with E-state index in [-0.39, 0.29) is 17.2 Å². The molecule has 4 amide bonds. The summed E-state index contributed by atoms with van der Waals surface area (Å²) in [7, 11) is 1.46. The molecule has 0 aliphatic rings. The maximum Gasteiger partial charge on any atom is 0.349 e. The highest BCUT2D eigenvalue weighted by Gasteiger charge is 2.31. The van der Waals surface area contributed by atoms with E-state index in [1.165, 1.54) is 18.8 Å². The Balaban J connectivity index is 2.07. The summed E-state index contributed by atoms with van der Waals surface area (Å²) >= 11 is 1.41. The number of hydroxylamine groups is 2. The molecule has 2 aromatic carbocycles. The van der Waals surface area contributed by atoms with Gasteiger partial charge in [0, 0.05) is 24.1 Å². The van der Waals surface area contributed by atoms with Crippen molar-refractivity contribution in [3.8, 4) is 5.75 Å². The summed E-state index contributed by atoms with van der Waals surface area (Å²) in [6.45, 7) is 4.07. The second kappa shape index (κ2) is 13.6. The number of aromatic hydroxyl groups is 1. The maximum absolute atomic E-state index is 13.0. The van der Waals surface area contributed by atoms with Gasteiger partial charge in [-0.1, -0.05) is 50.6 Å². The third-order valence-corrected chi connectivity index (χ3v) is 6.45. The highest BCUT2D eigenvalue weighted by molar-refractivity contribution is 7.99. The first kappa shape index (κ1) is 27.2. The molecule has 0 aromatic heterocycles. The lowest BCUT2D eigenvalue weighted by atomic mass is 9.98. The average molecular weight is 488 g/mol. The fourth-order valence-electron chi connectivity index (χ4n) is 3.27. The average Bonchev–Trinajstić information content (AvgIpc) is 2.83. The fourth-order valence-corrected chi connectivity index (χ4v) is 4.30. The summed E-state index contributed by atoms with van der Waals surface area (Å²) in [6.07, 6.45) is 1.45.